The lowest BCUT2D eigenvalue weighted by molar-refractivity contribution is -0.137. The first-order valence-corrected chi connectivity index (χ1v) is 15.7. The van der Waals surface area contributed by atoms with Gasteiger partial charge in [0.1, 0.15) is 28.2 Å². The van der Waals surface area contributed by atoms with Crippen LogP contribution in [0.5, 0.6) is 6.01 Å². The Labute approximate surface area is 263 Å². The molecule has 9 nitrogen and oxygen atoms in total. The zero-order valence-corrected chi connectivity index (χ0v) is 25.2. The molecule has 3 saturated heterocycles. The number of nitrogens with zero attached hydrogens (tertiary/aromatic N) is 4. The summed E-state index contributed by atoms with van der Waals surface area (Å²) in [6, 6.07) is 4.52. The number of piperazine rings is 1. The van der Waals surface area contributed by atoms with Gasteiger partial charge < -0.3 is 30.5 Å². The number of nitriles is 1. The van der Waals surface area contributed by atoms with Crippen molar-refractivity contribution >= 4 is 43.1 Å². The summed E-state index contributed by atoms with van der Waals surface area (Å²) in [5.41, 5.74) is 2.09. The number of halogens is 5. The molecule has 5 heterocycles. The Bertz CT molecular complexity index is 1880. The molecular weight excluding hydrogens is 631 g/mol. The highest BCUT2D eigenvalue weighted by atomic mass is 32.1. The van der Waals surface area contributed by atoms with E-state index in [1.165, 1.54) is 0 Å². The number of thiophene rings is 1. The lowest BCUT2D eigenvalue weighted by atomic mass is 9.82. The highest BCUT2D eigenvalue weighted by Gasteiger charge is 2.40. The Kier molecular flexibility index (Phi) is 7.66. The molecule has 4 aromatic rings. The lowest BCUT2D eigenvalue weighted by Crippen LogP contribution is -2.51. The number of nitrogens with one attached hydrogen (secondary N) is 1. The molecule has 3 aliphatic rings. The number of benzene rings is 2. The van der Waals surface area contributed by atoms with E-state index in [2.05, 4.69) is 15.3 Å². The molecule has 2 aromatic heterocycles. The number of hydrogen-bond donors (Lipinski definition) is 3. The summed E-state index contributed by atoms with van der Waals surface area (Å²) < 4.78 is 87.6. The van der Waals surface area contributed by atoms with Gasteiger partial charge in [0.2, 0.25) is 0 Å². The molecule has 46 heavy (non-hydrogen) atoms. The highest BCUT2D eigenvalue weighted by molar-refractivity contribution is 7.23. The van der Waals surface area contributed by atoms with Gasteiger partial charge in [-0.15, -0.1) is 11.3 Å². The number of alkyl halides is 3. The summed E-state index contributed by atoms with van der Waals surface area (Å²) >= 11 is 0.702. The van der Waals surface area contributed by atoms with Crippen LogP contribution in [0.1, 0.15) is 36.8 Å². The molecule has 0 spiro atoms. The van der Waals surface area contributed by atoms with Crippen LogP contribution in [0.25, 0.3) is 32.1 Å². The van der Waals surface area contributed by atoms with Gasteiger partial charge in [-0.1, -0.05) is 6.07 Å². The van der Waals surface area contributed by atoms with E-state index in [0.717, 1.165) is 31.0 Å². The van der Waals surface area contributed by atoms with Crippen molar-refractivity contribution < 1.29 is 36.5 Å². The van der Waals surface area contributed by atoms with Gasteiger partial charge in [0, 0.05) is 60.1 Å². The molecule has 3 fully saturated rings. The molecule has 4 N–H and O–H groups in total. The molecule has 0 amide bonds. The molecule has 2 aromatic carbocycles. The molecule has 2 unspecified atom stereocenters. The fraction of sp³-hybridized carbons (Fsp3) is 0.452. The standard InChI is InChI=1S/C31H29F5N6O3S/c32-21-4-3-17(22-19(10-37)27(38)46-26(21)22)23-20(31(34,35)36)9-18-25(24(23)33)40-29(45-14-30(13-43)5-7-44-8-6-30)41-28(18)42-11-15-1-2-16(12-42)39-15/h3-4,9,15-16,39,43H,1-2,5-8,11-14,38H2. The van der Waals surface area contributed by atoms with Gasteiger partial charge in [-0.25, -0.2) is 8.78 Å². The molecule has 15 heteroatoms. The van der Waals surface area contributed by atoms with Gasteiger partial charge >= 0.3 is 12.2 Å². The largest absolute Gasteiger partial charge is 0.463 e. The molecule has 242 valence electrons. The minimum absolute atomic E-state index is 0.0159. The fourth-order valence-corrected chi connectivity index (χ4v) is 7.78. The topological polar surface area (TPSA) is 130 Å². The number of nitrogen functional groups attached to an aromatic ring is 1. The van der Waals surface area contributed by atoms with E-state index in [1.54, 1.807) is 0 Å². The molecular formula is C31H29F5N6O3S. The van der Waals surface area contributed by atoms with Crippen LogP contribution in [0.4, 0.5) is 32.8 Å². The van der Waals surface area contributed by atoms with E-state index in [-0.39, 0.29) is 68.7 Å². The summed E-state index contributed by atoms with van der Waals surface area (Å²) in [6.45, 7) is 1.49. The van der Waals surface area contributed by atoms with Crippen LogP contribution in [0, 0.1) is 28.4 Å². The first-order chi connectivity index (χ1) is 22.0. The van der Waals surface area contributed by atoms with Gasteiger partial charge in [-0.05, 0) is 43.4 Å². The zero-order valence-electron chi connectivity index (χ0n) is 24.4. The van der Waals surface area contributed by atoms with Crippen molar-refractivity contribution in [3.63, 3.8) is 0 Å². The second-order valence-electron chi connectivity index (χ2n) is 12.2. The van der Waals surface area contributed by atoms with Crippen LogP contribution < -0.4 is 20.7 Å². The Morgan fingerprint density at radius 3 is 2.54 bits per heavy atom. The molecule has 0 saturated carbocycles. The minimum Gasteiger partial charge on any atom is -0.463 e. The molecule has 2 bridgehead atoms. The van der Waals surface area contributed by atoms with Crippen molar-refractivity contribution in [1.29, 1.82) is 5.26 Å². The van der Waals surface area contributed by atoms with E-state index in [9.17, 15) is 27.9 Å². The Morgan fingerprint density at radius 2 is 1.89 bits per heavy atom. The van der Waals surface area contributed by atoms with Crippen LogP contribution in [0.2, 0.25) is 0 Å². The normalized spacial score (nSPS) is 21.2. The SMILES string of the molecule is N#Cc1c(N)sc2c(F)ccc(-c3c(C(F)(F)F)cc4c(N5CC6CCC(C5)N6)nc(OCC5(CO)CCOCC5)nc4c3F)c12. The molecule has 0 radical (unpaired) electrons. The average Bonchev–Trinajstić information content (AvgIpc) is 3.57. The molecule has 2 atom stereocenters. The molecule has 7 rings (SSSR count). The molecule has 3 aliphatic heterocycles. The third-order valence-corrected chi connectivity index (χ3v) is 10.3. The maximum atomic E-state index is 16.9. The Hall–Kier alpha value is -3.84. The Morgan fingerprint density at radius 1 is 1.17 bits per heavy atom. The molecule has 0 aliphatic carbocycles. The first-order valence-electron chi connectivity index (χ1n) is 14.9. The summed E-state index contributed by atoms with van der Waals surface area (Å²) in [5, 5.41) is 22.9. The maximum Gasteiger partial charge on any atom is 0.417 e. The smallest absolute Gasteiger partial charge is 0.417 e. The van der Waals surface area contributed by atoms with Crippen molar-refractivity contribution in [3.8, 4) is 23.2 Å². The lowest BCUT2D eigenvalue weighted by Gasteiger charge is -2.35. The highest BCUT2D eigenvalue weighted by Crippen LogP contribution is 2.48. The second kappa shape index (κ2) is 11.4. The van der Waals surface area contributed by atoms with Crippen LogP contribution in [-0.2, 0) is 10.9 Å². The average molecular weight is 661 g/mol. The van der Waals surface area contributed by atoms with E-state index in [4.69, 9.17) is 15.2 Å². The van der Waals surface area contributed by atoms with Crippen LogP contribution >= 0.6 is 11.3 Å². The number of aromatic nitrogens is 2. The van der Waals surface area contributed by atoms with E-state index >= 15 is 4.39 Å². The zero-order chi connectivity index (χ0) is 32.4. The number of rotatable bonds is 6. The third-order valence-electron chi connectivity index (χ3n) is 9.31. The van der Waals surface area contributed by atoms with Gasteiger partial charge in [0.05, 0.1) is 29.0 Å². The summed E-state index contributed by atoms with van der Waals surface area (Å²) in [5.74, 6) is -2.02. The third kappa shape index (κ3) is 5.17. The number of anilines is 2. The van der Waals surface area contributed by atoms with Crippen molar-refractivity contribution in [2.45, 2.75) is 43.9 Å². The van der Waals surface area contributed by atoms with Gasteiger partial charge in [0.25, 0.3) is 0 Å². The van der Waals surface area contributed by atoms with Crippen LogP contribution in [0.15, 0.2) is 18.2 Å². The predicted octanol–water partition coefficient (Wildman–Crippen LogP) is 5.37. The number of fused-ring (bicyclic) bond motifs is 4. The monoisotopic (exact) mass is 660 g/mol. The maximum absolute atomic E-state index is 16.9. The number of nitrogens with two attached hydrogens (primary N) is 1. The van der Waals surface area contributed by atoms with Crippen LogP contribution in [0.3, 0.4) is 0 Å². The van der Waals surface area contributed by atoms with Gasteiger partial charge in [-0.2, -0.15) is 28.4 Å². The number of hydrogen-bond acceptors (Lipinski definition) is 10. The van der Waals surface area contributed by atoms with E-state index < -0.39 is 39.9 Å². The second-order valence-corrected chi connectivity index (χ2v) is 13.2. The van der Waals surface area contributed by atoms with Crippen molar-refractivity contribution in [1.82, 2.24) is 15.3 Å². The van der Waals surface area contributed by atoms with Crippen molar-refractivity contribution in [2.75, 3.05) is 50.2 Å². The van der Waals surface area contributed by atoms with Crippen LogP contribution in [-0.4, -0.2) is 66.7 Å². The van der Waals surface area contributed by atoms with E-state index in [0.29, 0.717) is 50.5 Å². The summed E-state index contributed by atoms with van der Waals surface area (Å²) in [7, 11) is 0. The quantitative estimate of drug-likeness (QED) is 0.234. The number of aliphatic hydroxyl groups is 1. The summed E-state index contributed by atoms with van der Waals surface area (Å²) in [4.78, 5) is 10.7. The van der Waals surface area contributed by atoms with E-state index in [1.807, 2.05) is 11.0 Å². The minimum atomic E-state index is -5.05. The van der Waals surface area contributed by atoms with Crippen molar-refractivity contribution in [2.24, 2.45) is 5.41 Å². The number of aliphatic hydroxyl groups excluding tert-OH is 1. The van der Waals surface area contributed by atoms with Gasteiger partial charge in [-0.3, -0.25) is 0 Å². The first kappa shape index (κ1) is 30.8. The fourth-order valence-electron chi connectivity index (χ4n) is 6.83. The van der Waals surface area contributed by atoms with Crippen molar-refractivity contribution in [3.05, 3.63) is 41.0 Å². The van der Waals surface area contributed by atoms with Gasteiger partial charge in [0.15, 0.2) is 5.82 Å². The summed E-state index contributed by atoms with van der Waals surface area (Å²) in [6.07, 6.45) is -2.28. The number of ether oxygens (including phenoxy) is 2. The Balaban J connectivity index is 1.46. The predicted molar refractivity (Wildman–Crippen MR) is 162 cm³/mol.